The van der Waals surface area contributed by atoms with Gasteiger partial charge in [0, 0.05) is 16.9 Å². The third kappa shape index (κ3) is 4.34. The molecular weight excluding hydrogens is 284 g/mol. The van der Waals surface area contributed by atoms with Crippen molar-refractivity contribution < 1.29 is 14.7 Å². The third-order valence-electron chi connectivity index (χ3n) is 4.39. The van der Waals surface area contributed by atoms with Gasteiger partial charge >= 0.3 is 5.97 Å². The van der Waals surface area contributed by atoms with Crippen LogP contribution in [0.25, 0.3) is 0 Å². The van der Waals surface area contributed by atoms with Gasteiger partial charge in [0.1, 0.15) is 0 Å². The number of thioether (sulfide) groups is 1. The monoisotopic (exact) mass is 306 g/mol. The van der Waals surface area contributed by atoms with Crippen LogP contribution in [0, 0.1) is 5.41 Å². The van der Waals surface area contributed by atoms with Crippen molar-refractivity contribution in [3.05, 3.63) is 29.8 Å². The van der Waals surface area contributed by atoms with Crippen molar-refractivity contribution in [2.75, 3.05) is 6.26 Å². The number of Topliss-reactive ketones (excluding diaryl/α,β-unsaturated/α-hetero) is 1. The number of carboxylic acid groups (broad SMARTS) is 1. The highest BCUT2D eigenvalue weighted by Gasteiger charge is 2.36. The van der Waals surface area contributed by atoms with Crippen molar-refractivity contribution in [1.82, 2.24) is 0 Å². The van der Waals surface area contributed by atoms with Gasteiger partial charge in [0.2, 0.25) is 0 Å². The molecule has 0 aromatic heterocycles. The summed E-state index contributed by atoms with van der Waals surface area (Å²) >= 11 is 1.64. The molecule has 0 unspecified atom stereocenters. The molecule has 4 heteroatoms. The molecule has 21 heavy (non-hydrogen) atoms. The first-order chi connectivity index (χ1) is 10.0. The van der Waals surface area contributed by atoms with Crippen molar-refractivity contribution in [3.63, 3.8) is 0 Å². The van der Waals surface area contributed by atoms with E-state index >= 15 is 0 Å². The molecule has 1 N–H and O–H groups in total. The van der Waals surface area contributed by atoms with Gasteiger partial charge < -0.3 is 5.11 Å². The number of hydrogen-bond donors (Lipinski definition) is 1. The van der Waals surface area contributed by atoms with Crippen LogP contribution in [0.1, 0.15) is 55.3 Å². The molecule has 0 bridgehead atoms. The molecule has 1 saturated carbocycles. The number of carbonyl (C=O) groups is 2. The molecule has 0 spiro atoms. The fraction of sp³-hybridized carbons (Fsp3) is 0.529. The number of ketones is 1. The predicted molar refractivity (Wildman–Crippen MR) is 84.9 cm³/mol. The van der Waals surface area contributed by atoms with E-state index in [1.165, 1.54) is 0 Å². The molecule has 0 heterocycles. The lowest BCUT2D eigenvalue weighted by Gasteiger charge is -2.35. The number of carboxylic acids is 1. The smallest absolute Gasteiger partial charge is 0.303 e. The summed E-state index contributed by atoms with van der Waals surface area (Å²) in [6, 6.07) is 7.60. The molecule has 0 atom stereocenters. The zero-order valence-electron chi connectivity index (χ0n) is 12.4. The molecule has 1 fully saturated rings. The maximum absolute atomic E-state index is 12.5. The highest BCUT2D eigenvalue weighted by molar-refractivity contribution is 7.98. The quantitative estimate of drug-likeness (QED) is 0.625. The molecule has 2 rings (SSSR count). The number of carbonyl (C=O) groups excluding carboxylic acids is 1. The van der Waals surface area contributed by atoms with Gasteiger partial charge in [0.15, 0.2) is 5.78 Å². The van der Waals surface area contributed by atoms with Crippen molar-refractivity contribution >= 4 is 23.5 Å². The lowest BCUT2D eigenvalue weighted by Crippen LogP contribution is -2.30. The van der Waals surface area contributed by atoms with Gasteiger partial charge in [0.05, 0.1) is 6.42 Å². The first kappa shape index (κ1) is 16.1. The maximum atomic E-state index is 12.5. The summed E-state index contributed by atoms with van der Waals surface area (Å²) in [4.78, 5) is 24.8. The highest BCUT2D eigenvalue weighted by Crippen LogP contribution is 2.43. The zero-order valence-corrected chi connectivity index (χ0v) is 13.2. The van der Waals surface area contributed by atoms with E-state index in [1.807, 2.05) is 30.5 Å². The first-order valence-corrected chi connectivity index (χ1v) is 8.66. The van der Waals surface area contributed by atoms with Crippen LogP contribution in [0.3, 0.4) is 0 Å². The number of rotatable bonds is 6. The Kier molecular flexibility index (Phi) is 5.45. The lowest BCUT2D eigenvalue weighted by molar-refractivity contribution is -0.140. The largest absolute Gasteiger partial charge is 0.481 e. The van der Waals surface area contributed by atoms with Crippen LogP contribution in [0.4, 0.5) is 0 Å². The predicted octanol–water partition coefficient (Wildman–Crippen LogP) is 4.41. The Labute approximate surface area is 130 Å². The van der Waals surface area contributed by atoms with Crippen LogP contribution in [0.15, 0.2) is 29.2 Å². The van der Waals surface area contributed by atoms with Crippen LogP contribution in [-0.2, 0) is 4.79 Å². The van der Waals surface area contributed by atoms with Crippen LogP contribution in [-0.4, -0.2) is 23.1 Å². The normalized spacial score (nSPS) is 17.4. The van der Waals surface area contributed by atoms with Crippen LogP contribution in [0.2, 0.25) is 0 Å². The van der Waals surface area contributed by atoms with Gasteiger partial charge in [-0.3, -0.25) is 9.59 Å². The number of hydrogen-bond acceptors (Lipinski definition) is 3. The summed E-state index contributed by atoms with van der Waals surface area (Å²) in [7, 11) is 0. The first-order valence-electron chi connectivity index (χ1n) is 7.44. The number of benzene rings is 1. The fourth-order valence-corrected chi connectivity index (χ4v) is 3.67. The van der Waals surface area contributed by atoms with Crippen LogP contribution in [0.5, 0.6) is 0 Å². The molecule has 0 radical (unpaired) electrons. The topological polar surface area (TPSA) is 54.4 Å². The molecule has 114 valence electrons. The van der Waals surface area contributed by atoms with Gasteiger partial charge in [-0.05, 0) is 36.6 Å². The Morgan fingerprint density at radius 2 is 1.71 bits per heavy atom. The van der Waals surface area contributed by atoms with Crippen LogP contribution >= 0.6 is 11.8 Å². The minimum Gasteiger partial charge on any atom is -0.481 e. The number of aliphatic carboxylic acids is 1. The van der Waals surface area contributed by atoms with E-state index in [2.05, 4.69) is 0 Å². The van der Waals surface area contributed by atoms with E-state index in [0.717, 1.165) is 37.0 Å². The van der Waals surface area contributed by atoms with E-state index in [1.54, 1.807) is 11.8 Å². The van der Waals surface area contributed by atoms with Gasteiger partial charge in [0.25, 0.3) is 0 Å². The molecule has 0 amide bonds. The standard InChI is InChI=1S/C17H22O3S/c1-21-14-7-5-13(6-8-14)15(18)11-17(12-16(19)20)9-3-2-4-10-17/h5-8H,2-4,9-12H2,1H3,(H,19,20). The van der Waals surface area contributed by atoms with Gasteiger partial charge in [-0.1, -0.05) is 31.4 Å². The van der Waals surface area contributed by atoms with Crippen molar-refractivity contribution in [2.24, 2.45) is 5.41 Å². The van der Waals surface area contributed by atoms with E-state index in [0.29, 0.717) is 12.0 Å². The van der Waals surface area contributed by atoms with Gasteiger partial charge in [-0.2, -0.15) is 0 Å². The van der Waals surface area contributed by atoms with E-state index in [4.69, 9.17) is 5.11 Å². The average molecular weight is 306 g/mol. The molecule has 0 saturated heterocycles. The van der Waals surface area contributed by atoms with Gasteiger partial charge in [-0.15, -0.1) is 11.8 Å². The Hall–Kier alpha value is -1.29. The van der Waals surface area contributed by atoms with Crippen molar-refractivity contribution in [2.45, 2.75) is 49.8 Å². The minimum absolute atomic E-state index is 0.0748. The molecular formula is C17H22O3S. The van der Waals surface area contributed by atoms with Crippen LogP contribution < -0.4 is 0 Å². The van der Waals surface area contributed by atoms with Crippen molar-refractivity contribution in [3.8, 4) is 0 Å². The second kappa shape index (κ2) is 7.12. The third-order valence-corrected chi connectivity index (χ3v) is 5.13. The van der Waals surface area contributed by atoms with Gasteiger partial charge in [-0.25, -0.2) is 0 Å². The van der Waals surface area contributed by atoms with E-state index in [-0.39, 0.29) is 17.6 Å². The summed E-state index contributed by atoms with van der Waals surface area (Å²) in [5.74, 6) is -0.715. The summed E-state index contributed by atoms with van der Waals surface area (Å²) in [6.07, 6.45) is 7.40. The highest BCUT2D eigenvalue weighted by atomic mass is 32.2. The maximum Gasteiger partial charge on any atom is 0.303 e. The SMILES string of the molecule is CSc1ccc(C(=O)CC2(CC(=O)O)CCCCC2)cc1. The molecule has 0 aliphatic heterocycles. The molecule has 1 aliphatic rings. The Morgan fingerprint density at radius 1 is 1.10 bits per heavy atom. The zero-order chi connectivity index (χ0) is 15.3. The Morgan fingerprint density at radius 3 is 2.24 bits per heavy atom. The van der Waals surface area contributed by atoms with Crippen molar-refractivity contribution in [1.29, 1.82) is 0 Å². The summed E-state index contributed by atoms with van der Waals surface area (Å²) in [5, 5.41) is 9.17. The fourth-order valence-electron chi connectivity index (χ4n) is 3.26. The second-order valence-electron chi connectivity index (χ2n) is 5.96. The second-order valence-corrected chi connectivity index (χ2v) is 6.84. The summed E-state index contributed by atoms with van der Waals surface area (Å²) < 4.78 is 0. The molecule has 1 aromatic rings. The van der Waals surface area contributed by atoms with E-state index < -0.39 is 5.97 Å². The molecule has 3 nitrogen and oxygen atoms in total. The minimum atomic E-state index is -0.789. The average Bonchev–Trinajstić information content (AvgIpc) is 2.47. The Balaban J connectivity index is 2.11. The van der Waals surface area contributed by atoms with E-state index in [9.17, 15) is 9.59 Å². The molecule has 1 aromatic carbocycles. The Bertz CT molecular complexity index is 501. The lowest BCUT2D eigenvalue weighted by atomic mass is 9.68. The summed E-state index contributed by atoms with van der Waals surface area (Å²) in [6.45, 7) is 0. The molecule has 1 aliphatic carbocycles. The summed E-state index contributed by atoms with van der Waals surface area (Å²) in [5.41, 5.74) is 0.363.